The topological polar surface area (TPSA) is 84.6 Å². The lowest BCUT2D eigenvalue weighted by atomic mass is 9.94. The van der Waals surface area contributed by atoms with Crippen LogP contribution in [0.4, 0.5) is 0 Å². The highest BCUT2D eigenvalue weighted by Gasteiger charge is 2.18. The van der Waals surface area contributed by atoms with Crippen LogP contribution in [-0.4, -0.2) is 36.3 Å². The predicted molar refractivity (Wildman–Crippen MR) is 81.0 cm³/mol. The van der Waals surface area contributed by atoms with Crippen molar-refractivity contribution in [1.29, 1.82) is 0 Å². The molecule has 1 aromatic carbocycles. The molecule has 0 aromatic heterocycles. The van der Waals surface area contributed by atoms with Crippen molar-refractivity contribution in [3.8, 4) is 5.75 Å². The largest absolute Gasteiger partial charge is 0.508 e. The number of nitrogens with two attached hydrogens (primary N) is 1. The number of rotatable bonds is 6. The van der Waals surface area contributed by atoms with Crippen LogP contribution in [0.1, 0.15) is 31.2 Å². The molecule has 0 unspecified atom stereocenters. The van der Waals surface area contributed by atoms with Crippen molar-refractivity contribution in [2.75, 3.05) is 13.2 Å². The number of carbonyl (C=O) groups is 1. The van der Waals surface area contributed by atoms with E-state index in [0.29, 0.717) is 24.8 Å². The molecule has 1 aliphatic rings. The molecule has 21 heavy (non-hydrogen) atoms. The molecule has 0 spiro atoms. The third-order valence-corrected chi connectivity index (χ3v) is 3.84. The van der Waals surface area contributed by atoms with Crippen molar-refractivity contribution in [2.24, 2.45) is 5.73 Å². The summed E-state index contributed by atoms with van der Waals surface area (Å²) in [6, 6.07) is 7.19. The number of ether oxygens (including phenoxy) is 1. The molecule has 0 aliphatic heterocycles. The molecule has 1 amide bonds. The molecule has 116 valence electrons. The summed E-state index contributed by atoms with van der Waals surface area (Å²) in [4.78, 5) is 11.8. The minimum Gasteiger partial charge on any atom is -0.508 e. The minimum absolute atomic E-state index is 0.106. The summed E-state index contributed by atoms with van der Waals surface area (Å²) in [6.45, 7) is 1.02. The normalized spacial score (nSPS) is 22.0. The smallest absolute Gasteiger partial charge is 0.224 e. The first-order valence-electron chi connectivity index (χ1n) is 7.56. The van der Waals surface area contributed by atoms with Crippen molar-refractivity contribution in [2.45, 2.75) is 44.2 Å². The molecule has 0 heterocycles. The van der Waals surface area contributed by atoms with Crippen molar-refractivity contribution < 1.29 is 14.6 Å². The second-order valence-electron chi connectivity index (χ2n) is 5.56. The lowest BCUT2D eigenvalue weighted by Crippen LogP contribution is -2.33. The zero-order chi connectivity index (χ0) is 15.1. The Balaban J connectivity index is 1.60. The van der Waals surface area contributed by atoms with Crippen LogP contribution >= 0.6 is 0 Å². The average Bonchev–Trinajstić information content (AvgIpc) is 2.48. The zero-order valence-electron chi connectivity index (χ0n) is 12.3. The fourth-order valence-corrected chi connectivity index (χ4v) is 2.57. The van der Waals surface area contributed by atoms with Crippen LogP contribution in [0.15, 0.2) is 24.3 Å². The maximum absolute atomic E-state index is 11.8. The second kappa shape index (κ2) is 8.00. The lowest BCUT2D eigenvalue weighted by molar-refractivity contribution is -0.120. The van der Waals surface area contributed by atoms with Crippen LogP contribution in [0.25, 0.3) is 0 Å². The monoisotopic (exact) mass is 292 g/mol. The van der Waals surface area contributed by atoms with Crippen LogP contribution in [0, 0.1) is 0 Å². The number of phenolic OH excluding ortho intramolecular Hbond substituents is 1. The quantitative estimate of drug-likeness (QED) is 0.691. The van der Waals surface area contributed by atoms with Gasteiger partial charge < -0.3 is 20.9 Å². The highest BCUT2D eigenvalue weighted by atomic mass is 16.5. The van der Waals surface area contributed by atoms with Gasteiger partial charge in [-0.25, -0.2) is 0 Å². The van der Waals surface area contributed by atoms with Gasteiger partial charge in [0.05, 0.1) is 19.1 Å². The molecule has 2 rings (SSSR count). The van der Waals surface area contributed by atoms with E-state index in [1.54, 1.807) is 24.3 Å². The fraction of sp³-hybridized carbons (Fsp3) is 0.562. The number of amides is 1. The van der Waals surface area contributed by atoms with Crippen LogP contribution in [-0.2, 0) is 16.0 Å². The van der Waals surface area contributed by atoms with Crippen molar-refractivity contribution in [1.82, 2.24) is 5.32 Å². The molecular formula is C16H24N2O3. The molecule has 1 fully saturated rings. The van der Waals surface area contributed by atoms with Gasteiger partial charge in [-0.1, -0.05) is 18.2 Å². The molecule has 1 aromatic rings. The summed E-state index contributed by atoms with van der Waals surface area (Å²) in [5.74, 6) is 0.0493. The Morgan fingerprint density at radius 1 is 1.29 bits per heavy atom. The number of benzene rings is 1. The summed E-state index contributed by atoms with van der Waals surface area (Å²) in [5, 5.41) is 12.4. The van der Waals surface area contributed by atoms with E-state index in [4.69, 9.17) is 10.5 Å². The number of phenols is 1. The maximum Gasteiger partial charge on any atom is 0.224 e. The first-order valence-corrected chi connectivity index (χ1v) is 7.56. The van der Waals surface area contributed by atoms with E-state index in [1.807, 2.05) is 0 Å². The maximum atomic E-state index is 11.8. The third-order valence-electron chi connectivity index (χ3n) is 3.84. The third kappa shape index (κ3) is 5.36. The SMILES string of the molecule is NC1CCC(OCCNC(=O)Cc2ccccc2O)CC1. The second-order valence-corrected chi connectivity index (χ2v) is 5.56. The molecule has 4 N–H and O–H groups in total. The highest BCUT2D eigenvalue weighted by Crippen LogP contribution is 2.19. The zero-order valence-corrected chi connectivity index (χ0v) is 12.3. The van der Waals surface area contributed by atoms with Gasteiger partial charge >= 0.3 is 0 Å². The Morgan fingerprint density at radius 2 is 2.00 bits per heavy atom. The van der Waals surface area contributed by atoms with Crippen molar-refractivity contribution >= 4 is 5.91 Å². The van der Waals surface area contributed by atoms with E-state index in [-0.39, 0.29) is 24.2 Å². The summed E-state index contributed by atoms with van der Waals surface area (Å²) in [7, 11) is 0. The number of para-hydroxylation sites is 1. The molecule has 5 heteroatoms. The molecule has 1 saturated carbocycles. The van der Waals surface area contributed by atoms with Crippen LogP contribution < -0.4 is 11.1 Å². The Labute approximate surface area is 125 Å². The van der Waals surface area contributed by atoms with Gasteiger partial charge in [-0.15, -0.1) is 0 Å². The van der Waals surface area contributed by atoms with Gasteiger partial charge in [-0.2, -0.15) is 0 Å². The van der Waals surface area contributed by atoms with Gasteiger partial charge in [-0.05, 0) is 31.7 Å². The fourth-order valence-electron chi connectivity index (χ4n) is 2.57. The molecular weight excluding hydrogens is 268 g/mol. The summed E-state index contributed by atoms with van der Waals surface area (Å²) in [6.07, 6.45) is 4.51. The van der Waals surface area contributed by atoms with Crippen molar-refractivity contribution in [3.63, 3.8) is 0 Å². The Bertz CT molecular complexity index is 457. The van der Waals surface area contributed by atoms with E-state index in [2.05, 4.69) is 5.32 Å². The van der Waals surface area contributed by atoms with E-state index in [1.165, 1.54) is 0 Å². The molecule has 1 aliphatic carbocycles. The van der Waals surface area contributed by atoms with E-state index >= 15 is 0 Å². The molecule has 0 atom stereocenters. The number of hydrogen-bond donors (Lipinski definition) is 3. The summed E-state index contributed by atoms with van der Waals surface area (Å²) >= 11 is 0. The van der Waals surface area contributed by atoms with Crippen LogP contribution in [0.3, 0.4) is 0 Å². The number of hydrogen-bond acceptors (Lipinski definition) is 4. The van der Waals surface area contributed by atoms with Gasteiger partial charge in [0.25, 0.3) is 0 Å². The molecule has 0 bridgehead atoms. The molecule has 0 radical (unpaired) electrons. The van der Waals surface area contributed by atoms with Crippen molar-refractivity contribution in [3.05, 3.63) is 29.8 Å². The standard InChI is InChI=1S/C16H24N2O3/c17-13-5-7-14(8-6-13)21-10-9-18-16(20)11-12-3-1-2-4-15(12)19/h1-4,13-14,19H,5-11,17H2,(H,18,20). The predicted octanol–water partition coefficient (Wildman–Crippen LogP) is 1.34. The molecule has 0 saturated heterocycles. The van der Waals surface area contributed by atoms with Gasteiger partial charge in [0.1, 0.15) is 5.75 Å². The number of carbonyl (C=O) groups excluding carboxylic acids is 1. The summed E-state index contributed by atoms with van der Waals surface area (Å²) < 4.78 is 5.74. The highest BCUT2D eigenvalue weighted by molar-refractivity contribution is 5.79. The van der Waals surface area contributed by atoms with Crippen LogP contribution in [0.5, 0.6) is 5.75 Å². The lowest BCUT2D eigenvalue weighted by Gasteiger charge is -2.26. The van der Waals surface area contributed by atoms with Gasteiger partial charge in [0.2, 0.25) is 5.91 Å². The first-order chi connectivity index (χ1) is 10.1. The number of aromatic hydroxyl groups is 1. The Morgan fingerprint density at radius 3 is 2.71 bits per heavy atom. The summed E-state index contributed by atoms with van der Waals surface area (Å²) in [5.41, 5.74) is 6.48. The van der Waals surface area contributed by atoms with Gasteiger partial charge in [0, 0.05) is 18.2 Å². The van der Waals surface area contributed by atoms with Gasteiger partial charge in [-0.3, -0.25) is 4.79 Å². The minimum atomic E-state index is -0.106. The Hall–Kier alpha value is -1.59. The average molecular weight is 292 g/mol. The first kappa shape index (κ1) is 15.8. The van der Waals surface area contributed by atoms with E-state index in [9.17, 15) is 9.90 Å². The Kier molecular flexibility index (Phi) is 6.02. The van der Waals surface area contributed by atoms with E-state index < -0.39 is 0 Å². The van der Waals surface area contributed by atoms with Crippen LogP contribution in [0.2, 0.25) is 0 Å². The molecule has 5 nitrogen and oxygen atoms in total. The van der Waals surface area contributed by atoms with E-state index in [0.717, 1.165) is 25.7 Å². The number of nitrogens with one attached hydrogen (secondary N) is 1. The van der Waals surface area contributed by atoms with Gasteiger partial charge in [0.15, 0.2) is 0 Å².